The van der Waals surface area contributed by atoms with E-state index in [-0.39, 0.29) is 5.56 Å². The van der Waals surface area contributed by atoms with Crippen LogP contribution in [0, 0.1) is 5.82 Å². The Bertz CT molecular complexity index is 527. The maximum absolute atomic E-state index is 13.6. The first-order chi connectivity index (χ1) is 8.13. The van der Waals surface area contributed by atoms with Crippen molar-refractivity contribution in [2.24, 2.45) is 0 Å². The van der Waals surface area contributed by atoms with E-state index in [4.69, 9.17) is 16.3 Å². The van der Waals surface area contributed by atoms with Crippen LogP contribution in [0.3, 0.4) is 0 Å². The smallest absolute Gasteiger partial charge is 0.135 e. The predicted octanol–water partition coefficient (Wildman–Crippen LogP) is 3.63. The molecule has 0 saturated heterocycles. The number of aliphatic hydroxyl groups is 1. The second kappa shape index (κ2) is 5.04. The lowest BCUT2D eigenvalue weighted by Crippen LogP contribution is -2.02. The zero-order valence-electron chi connectivity index (χ0n) is 8.98. The Morgan fingerprint density at radius 2 is 2.18 bits per heavy atom. The summed E-state index contributed by atoms with van der Waals surface area (Å²) in [5, 5.41) is 12.2. The Hall–Kier alpha value is -1.10. The topological polar surface area (TPSA) is 29.5 Å². The summed E-state index contributed by atoms with van der Waals surface area (Å²) >= 11 is 6.98. The molecule has 0 saturated carbocycles. The third kappa shape index (κ3) is 2.44. The first kappa shape index (κ1) is 12.4. The van der Waals surface area contributed by atoms with E-state index in [0.29, 0.717) is 15.6 Å². The summed E-state index contributed by atoms with van der Waals surface area (Å²) in [7, 11) is 1.51. The molecule has 1 N–H and O–H groups in total. The van der Waals surface area contributed by atoms with E-state index in [0.717, 1.165) is 0 Å². The maximum atomic E-state index is 13.6. The molecule has 0 spiro atoms. The van der Waals surface area contributed by atoms with E-state index in [1.54, 1.807) is 17.5 Å². The van der Waals surface area contributed by atoms with Crippen LogP contribution in [0.15, 0.2) is 29.6 Å². The highest BCUT2D eigenvalue weighted by molar-refractivity contribution is 7.10. The number of halogens is 2. The Balaban J connectivity index is 2.40. The van der Waals surface area contributed by atoms with E-state index >= 15 is 0 Å². The van der Waals surface area contributed by atoms with Crippen molar-refractivity contribution in [3.8, 4) is 5.75 Å². The van der Waals surface area contributed by atoms with Crippen LogP contribution in [0.5, 0.6) is 5.75 Å². The van der Waals surface area contributed by atoms with Gasteiger partial charge in [-0.25, -0.2) is 4.39 Å². The fraction of sp³-hybridized carbons (Fsp3) is 0.167. The number of hydrogen-bond donors (Lipinski definition) is 1. The van der Waals surface area contributed by atoms with Crippen LogP contribution in [0.25, 0.3) is 0 Å². The van der Waals surface area contributed by atoms with E-state index in [1.807, 2.05) is 0 Å². The lowest BCUT2D eigenvalue weighted by atomic mass is 10.1. The molecule has 17 heavy (non-hydrogen) atoms. The van der Waals surface area contributed by atoms with Crippen molar-refractivity contribution in [1.82, 2.24) is 0 Å². The van der Waals surface area contributed by atoms with Gasteiger partial charge in [-0.05, 0) is 23.6 Å². The lowest BCUT2D eigenvalue weighted by Gasteiger charge is -2.12. The van der Waals surface area contributed by atoms with Gasteiger partial charge < -0.3 is 9.84 Å². The number of methoxy groups -OCH3 is 1. The van der Waals surface area contributed by atoms with Crippen molar-refractivity contribution in [2.45, 2.75) is 6.10 Å². The number of aliphatic hydroxyl groups excluding tert-OH is 1. The standard InChI is InChI=1S/C12H10ClFO2S/c1-16-10-4-5-17-12(10)11(15)8-3-2-7(13)6-9(8)14/h2-6,11,15H,1H3. The molecule has 0 aliphatic carbocycles. The SMILES string of the molecule is COc1ccsc1C(O)c1ccc(Cl)cc1F. The number of ether oxygens (including phenoxy) is 1. The van der Waals surface area contributed by atoms with E-state index in [9.17, 15) is 9.50 Å². The van der Waals surface area contributed by atoms with E-state index in [1.165, 1.54) is 30.6 Å². The van der Waals surface area contributed by atoms with Crippen molar-refractivity contribution in [3.05, 3.63) is 50.9 Å². The van der Waals surface area contributed by atoms with E-state index < -0.39 is 11.9 Å². The number of benzene rings is 1. The first-order valence-corrected chi connectivity index (χ1v) is 6.13. The average Bonchev–Trinajstić information content (AvgIpc) is 2.76. The third-order valence-electron chi connectivity index (χ3n) is 2.38. The normalized spacial score (nSPS) is 12.5. The molecule has 2 nitrogen and oxygen atoms in total. The second-order valence-corrected chi connectivity index (χ2v) is 4.81. The molecule has 90 valence electrons. The van der Waals surface area contributed by atoms with Crippen LogP contribution in [-0.2, 0) is 0 Å². The van der Waals surface area contributed by atoms with Gasteiger partial charge in [0, 0.05) is 10.6 Å². The summed E-state index contributed by atoms with van der Waals surface area (Å²) in [5.41, 5.74) is 0.190. The highest BCUT2D eigenvalue weighted by atomic mass is 35.5. The molecule has 0 radical (unpaired) electrons. The molecule has 5 heteroatoms. The van der Waals surface area contributed by atoms with Gasteiger partial charge >= 0.3 is 0 Å². The monoisotopic (exact) mass is 272 g/mol. The van der Waals surface area contributed by atoms with Gasteiger partial charge in [-0.3, -0.25) is 0 Å². The van der Waals surface area contributed by atoms with Gasteiger partial charge in [-0.15, -0.1) is 11.3 Å². The summed E-state index contributed by atoms with van der Waals surface area (Å²) in [4.78, 5) is 0.578. The van der Waals surface area contributed by atoms with Crippen molar-refractivity contribution in [2.75, 3.05) is 7.11 Å². The quantitative estimate of drug-likeness (QED) is 0.924. The molecule has 1 unspecified atom stereocenters. The van der Waals surface area contributed by atoms with Crippen LogP contribution in [0.1, 0.15) is 16.5 Å². The number of rotatable bonds is 3. The maximum Gasteiger partial charge on any atom is 0.135 e. The van der Waals surface area contributed by atoms with Crippen LogP contribution >= 0.6 is 22.9 Å². The van der Waals surface area contributed by atoms with Crippen molar-refractivity contribution < 1.29 is 14.2 Å². The summed E-state index contributed by atoms with van der Waals surface area (Å²) in [5.74, 6) is 0.0253. The average molecular weight is 273 g/mol. The number of hydrogen-bond acceptors (Lipinski definition) is 3. The third-order valence-corrected chi connectivity index (χ3v) is 3.57. The fourth-order valence-corrected chi connectivity index (χ4v) is 2.56. The van der Waals surface area contributed by atoms with Crippen molar-refractivity contribution >= 4 is 22.9 Å². The molecule has 1 heterocycles. The molecule has 0 bridgehead atoms. The molecule has 0 fully saturated rings. The lowest BCUT2D eigenvalue weighted by molar-refractivity contribution is 0.214. The highest BCUT2D eigenvalue weighted by Crippen LogP contribution is 2.35. The summed E-state index contributed by atoms with van der Waals surface area (Å²) in [6, 6.07) is 5.93. The van der Waals surface area contributed by atoms with Gasteiger partial charge in [0.15, 0.2) is 0 Å². The molecule has 2 rings (SSSR count). The summed E-state index contributed by atoms with van der Waals surface area (Å²) in [6.07, 6.45) is -1.04. The molecule has 0 aliphatic heterocycles. The van der Waals surface area contributed by atoms with Gasteiger partial charge in [0.1, 0.15) is 17.7 Å². The molecule has 2 aromatic rings. The van der Waals surface area contributed by atoms with Gasteiger partial charge in [0.05, 0.1) is 12.0 Å². The zero-order valence-corrected chi connectivity index (χ0v) is 10.6. The molecule has 1 aromatic carbocycles. The van der Waals surface area contributed by atoms with Crippen LogP contribution in [0.2, 0.25) is 5.02 Å². The van der Waals surface area contributed by atoms with Gasteiger partial charge in [0.25, 0.3) is 0 Å². The first-order valence-electron chi connectivity index (χ1n) is 4.88. The Kier molecular flexibility index (Phi) is 3.66. The van der Waals surface area contributed by atoms with Gasteiger partial charge in [-0.1, -0.05) is 17.7 Å². The molecule has 0 amide bonds. The second-order valence-electron chi connectivity index (χ2n) is 3.42. The minimum absolute atomic E-state index is 0.190. The summed E-state index contributed by atoms with van der Waals surface area (Å²) < 4.78 is 18.7. The highest BCUT2D eigenvalue weighted by Gasteiger charge is 2.20. The van der Waals surface area contributed by atoms with Gasteiger partial charge in [-0.2, -0.15) is 0 Å². The minimum atomic E-state index is -1.04. The minimum Gasteiger partial charge on any atom is -0.495 e. The molecular weight excluding hydrogens is 263 g/mol. The van der Waals surface area contributed by atoms with Crippen LogP contribution < -0.4 is 4.74 Å². The predicted molar refractivity (Wildman–Crippen MR) is 66.3 cm³/mol. The van der Waals surface area contributed by atoms with Crippen molar-refractivity contribution in [1.29, 1.82) is 0 Å². The van der Waals surface area contributed by atoms with E-state index in [2.05, 4.69) is 0 Å². The summed E-state index contributed by atoms with van der Waals surface area (Å²) in [6.45, 7) is 0. The Morgan fingerprint density at radius 1 is 1.41 bits per heavy atom. The molecule has 0 aliphatic rings. The van der Waals surface area contributed by atoms with Crippen LogP contribution in [0.4, 0.5) is 4.39 Å². The number of thiophene rings is 1. The molecular formula is C12H10ClFO2S. The van der Waals surface area contributed by atoms with Crippen LogP contribution in [-0.4, -0.2) is 12.2 Å². The van der Waals surface area contributed by atoms with Gasteiger partial charge in [0.2, 0.25) is 0 Å². The Morgan fingerprint density at radius 3 is 2.82 bits per heavy atom. The van der Waals surface area contributed by atoms with Crippen molar-refractivity contribution in [3.63, 3.8) is 0 Å². The molecule has 1 atom stereocenters. The Labute approximate surface area is 107 Å². The fourth-order valence-electron chi connectivity index (χ4n) is 1.54. The largest absolute Gasteiger partial charge is 0.495 e. The molecule has 1 aromatic heterocycles. The zero-order chi connectivity index (χ0) is 12.4.